The Labute approximate surface area is 200 Å². The number of rotatable bonds is 12. The van der Waals surface area contributed by atoms with E-state index in [1.807, 2.05) is 0 Å². The van der Waals surface area contributed by atoms with Crippen molar-refractivity contribution >= 4 is 16.0 Å². The van der Waals surface area contributed by atoms with Crippen molar-refractivity contribution in [2.75, 3.05) is 0 Å². The van der Waals surface area contributed by atoms with Gasteiger partial charge in [-0.25, -0.2) is 13.2 Å². The molecule has 0 aliphatic rings. The number of hydrogen-bond acceptors (Lipinski definition) is 4. The van der Waals surface area contributed by atoms with Crippen LogP contribution in [-0.4, -0.2) is 67.6 Å². The van der Waals surface area contributed by atoms with Crippen molar-refractivity contribution in [3.05, 3.63) is 12.2 Å². The second-order valence-electron chi connectivity index (χ2n) is 7.09. The molecule has 1 N–H and O–H groups in total. The van der Waals surface area contributed by atoms with Crippen LogP contribution in [0.2, 0.25) is 0 Å². The van der Waals surface area contributed by atoms with Gasteiger partial charge in [0.25, 0.3) is 10.0 Å². The minimum atomic E-state index is -8.93. The minimum Gasteiger partial charge on any atom is -0.443 e. The summed E-state index contributed by atoms with van der Waals surface area (Å²) in [4.78, 5) is 11.4. The third-order valence-corrected chi connectivity index (χ3v) is 5.92. The molecule has 38 heavy (non-hydrogen) atoms. The Balaban J connectivity index is 6.70. The largest absolute Gasteiger partial charge is 0.460 e. The van der Waals surface area contributed by atoms with Gasteiger partial charge in [-0.3, -0.25) is 0 Å². The SMILES string of the molecule is C=C(CC)C(=O)OC(C)NS(=O)(=O)C(F)(F)C(F)(F)C(F)(F)C(F)(F)C(F)(F)C(F)(F)C(F)(F)C(F)(F)F. The van der Waals surface area contributed by atoms with Crippen LogP contribution in [0.3, 0.4) is 0 Å². The molecule has 0 saturated carbocycles. The Bertz CT molecular complexity index is 1020. The van der Waals surface area contributed by atoms with Gasteiger partial charge in [-0.1, -0.05) is 13.5 Å². The number of hydrogen-bond donors (Lipinski definition) is 1. The van der Waals surface area contributed by atoms with Crippen LogP contribution in [0.5, 0.6) is 0 Å². The second kappa shape index (κ2) is 9.84. The zero-order chi connectivity index (χ0) is 31.4. The summed E-state index contributed by atoms with van der Waals surface area (Å²) in [5.41, 5.74) is -0.543. The van der Waals surface area contributed by atoms with Crippen molar-refractivity contribution < 1.29 is 92.6 Å². The van der Waals surface area contributed by atoms with Crippen molar-refractivity contribution in [3.63, 3.8) is 0 Å². The molecule has 5 nitrogen and oxygen atoms in total. The Hall–Kier alpha value is -2.07. The summed E-state index contributed by atoms with van der Waals surface area (Å²) in [7, 11) is -7.58. The highest BCUT2D eigenvalue weighted by atomic mass is 32.2. The molecule has 1 atom stereocenters. The lowest BCUT2D eigenvalue weighted by Crippen LogP contribution is -2.75. The quantitative estimate of drug-likeness (QED) is 0.130. The first kappa shape index (κ1) is 35.9. The van der Waals surface area contributed by atoms with Gasteiger partial charge in [0, 0.05) is 5.57 Å². The molecular weight excluding hydrogens is 613 g/mol. The number of nitrogens with one attached hydrogen (secondary N) is 1. The minimum absolute atomic E-state index is 0.216. The van der Waals surface area contributed by atoms with Crippen molar-refractivity contribution in [1.29, 1.82) is 0 Å². The molecule has 0 amide bonds. The van der Waals surface area contributed by atoms with Crippen molar-refractivity contribution in [2.24, 2.45) is 0 Å². The van der Waals surface area contributed by atoms with E-state index >= 15 is 0 Å². The number of carbonyl (C=O) groups is 1. The van der Waals surface area contributed by atoms with Crippen LogP contribution in [0, 0.1) is 0 Å². The van der Waals surface area contributed by atoms with Gasteiger partial charge in [0.15, 0.2) is 6.23 Å². The zero-order valence-electron chi connectivity index (χ0n) is 18.0. The van der Waals surface area contributed by atoms with E-state index in [0.717, 1.165) is 0 Å². The Morgan fingerprint density at radius 2 is 1.03 bits per heavy atom. The number of ether oxygens (including phenoxy) is 1. The molecule has 0 aliphatic carbocycles. The lowest BCUT2D eigenvalue weighted by molar-refractivity contribution is -0.458. The van der Waals surface area contributed by atoms with Crippen LogP contribution in [0.25, 0.3) is 0 Å². The molecular formula is C15H12F17NO4S. The number of esters is 1. The third kappa shape index (κ3) is 5.10. The van der Waals surface area contributed by atoms with E-state index in [4.69, 9.17) is 0 Å². The first-order valence-electron chi connectivity index (χ1n) is 8.88. The molecule has 1 unspecified atom stereocenters. The first-order valence-corrected chi connectivity index (χ1v) is 10.4. The van der Waals surface area contributed by atoms with E-state index in [-0.39, 0.29) is 18.1 Å². The maximum absolute atomic E-state index is 13.9. The molecule has 0 saturated heterocycles. The summed E-state index contributed by atoms with van der Waals surface area (Å²) < 4.78 is 252. The van der Waals surface area contributed by atoms with Gasteiger partial charge in [0.1, 0.15) is 0 Å². The molecule has 0 heterocycles. The molecule has 0 bridgehead atoms. The predicted octanol–water partition coefficient (Wildman–Crippen LogP) is 5.73. The molecule has 0 aliphatic heterocycles. The summed E-state index contributed by atoms with van der Waals surface area (Å²) >= 11 is 0. The molecule has 0 radical (unpaired) electrons. The van der Waals surface area contributed by atoms with Gasteiger partial charge in [0.2, 0.25) is 0 Å². The molecule has 226 valence electrons. The summed E-state index contributed by atoms with van der Waals surface area (Å²) in [5.74, 6) is -53.8. The lowest BCUT2D eigenvalue weighted by atomic mass is 9.91. The fraction of sp³-hybridized carbons (Fsp3) is 0.800. The van der Waals surface area contributed by atoms with Crippen LogP contribution in [0.15, 0.2) is 12.2 Å². The topological polar surface area (TPSA) is 72.5 Å². The number of halogens is 17. The summed E-state index contributed by atoms with van der Waals surface area (Å²) in [6.07, 6.45) is -10.9. The molecule has 0 fully saturated rings. The average Bonchev–Trinajstić information content (AvgIpc) is 2.70. The monoisotopic (exact) mass is 625 g/mol. The second-order valence-corrected chi connectivity index (χ2v) is 8.84. The highest BCUT2D eigenvalue weighted by molar-refractivity contribution is 7.90. The van der Waals surface area contributed by atoms with Crippen molar-refractivity contribution in [2.45, 2.75) is 73.5 Å². The van der Waals surface area contributed by atoms with Crippen LogP contribution >= 0.6 is 0 Å². The molecule has 0 rings (SSSR count). The highest BCUT2D eigenvalue weighted by Gasteiger charge is 2.96. The van der Waals surface area contributed by atoms with E-state index in [9.17, 15) is 87.8 Å². The van der Waals surface area contributed by atoms with E-state index in [1.54, 1.807) is 0 Å². The Kier molecular flexibility index (Phi) is 9.30. The zero-order valence-corrected chi connectivity index (χ0v) is 18.8. The maximum Gasteiger partial charge on any atom is 0.460 e. The predicted molar refractivity (Wildman–Crippen MR) is 87.7 cm³/mol. The molecule has 0 aromatic carbocycles. The molecule has 0 aromatic heterocycles. The number of carbonyl (C=O) groups excluding carboxylic acids is 1. The average molecular weight is 625 g/mol. The maximum atomic E-state index is 13.9. The van der Waals surface area contributed by atoms with Crippen LogP contribution in [0.4, 0.5) is 74.6 Å². The van der Waals surface area contributed by atoms with Crippen molar-refractivity contribution in [1.82, 2.24) is 4.72 Å². The third-order valence-electron chi connectivity index (χ3n) is 4.35. The summed E-state index contributed by atoms with van der Waals surface area (Å²) in [6.45, 7) is 4.41. The van der Waals surface area contributed by atoms with Crippen LogP contribution < -0.4 is 4.72 Å². The normalized spacial score (nSPS) is 16.3. The lowest BCUT2D eigenvalue weighted by Gasteiger charge is -2.42. The van der Waals surface area contributed by atoms with Gasteiger partial charge < -0.3 is 4.74 Å². The smallest absolute Gasteiger partial charge is 0.443 e. The standard InChI is InChI=1S/C15H12F17NO4S/c1-4-5(2)7(34)37-6(3)33-38(35,36)15(31,32)13(26,27)11(22,23)9(18,19)8(16,17)10(20,21)12(24,25)14(28,29)30/h6,33H,2,4H2,1,3H3. The van der Waals surface area contributed by atoms with Gasteiger partial charge in [-0.2, -0.15) is 79.4 Å². The van der Waals surface area contributed by atoms with E-state index in [2.05, 4.69) is 11.3 Å². The fourth-order valence-corrected chi connectivity index (χ4v) is 3.12. The molecule has 0 aromatic rings. The van der Waals surface area contributed by atoms with Gasteiger partial charge in [-0.15, -0.1) is 0 Å². The number of sulfonamides is 1. The summed E-state index contributed by atoms with van der Waals surface area (Å²) in [5, 5.41) is -7.76. The van der Waals surface area contributed by atoms with Gasteiger partial charge >= 0.3 is 52.9 Å². The Morgan fingerprint density at radius 1 is 0.711 bits per heavy atom. The highest BCUT2D eigenvalue weighted by Crippen LogP contribution is 2.64. The first-order chi connectivity index (χ1) is 16.3. The van der Waals surface area contributed by atoms with Gasteiger partial charge in [0.05, 0.1) is 0 Å². The van der Waals surface area contributed by atoms with Crippen LogP contribution in [0.1, 0.15) is 20.3 Å². The molecule has 23 heteroatoms. The molecule has 0 spiro atoms. The van der Waals surface area contributed by atoms with Crippen LogP contribution in [-0.2, 0) is 19.6 Å². The van der Waals surface area contributed by atoms with E-state index in [1.165, 1.54) is 6.92 Å². The Morgan fingerprint density at radius 3 is 1.34 bits per heavy atom. The summed E-state index contributed by atoms with van der Waals surface area (Å²) in [6, 6.07) is 0. The number of alkyl halides is 17. The van der Waals surface area contributed by atoms with Gasteiger partial charge in [-0.05, 0) is 13.3 Å². The fourth-order valence-electron chi connectivity index (χ4n) is 2.02. The van der Waals surface area contributed by atoms with E-state index in [0.29, 0.717) is 0 Å². The van der Waals surface area contributed by atoms with E-state index < -0.39 is 74.8 Å². The van der Waals surface area contributed by atoms with Crippen molar-refractivity contribution in [3.8, 4) is 0 Å².